The number of benzene rings is 2. The number of rotatable bonds is 7. The highest BCUT2D eigenvalue weighted by molar-refractivity contribution is 6.20. The standard InChI is InChI=1S/C24H25NO6/c1-5-31-24(29)16-6-10-17(11-7-16)25-20(14(2)3)19(22(27)23(25)28)21(26)15-8-12-18(30-4)13-9-15/h6-14,20,27H,5H2,1-4H3. The molecule has 0 spiro atoms. The normalized spacial score (nSPS) is 16.1. The van der Waals surface area contributed by atoms with Crippen LogP contribution in [0.4, 0.5) is 5.69 Å². The van der Waals surface area contributed by atoms with Crippen molar-refractivity contribution < 1.29 is 29.0 Å². The van der Waals surface area contributed by atoms with Crippen molar-refractivity contribution in [3.05, 3.63) is 71.0 Å². The Labute approximate surface area is 180 Å². The van der Waals surface area contributed by atoms with Crippen molar-refractivity contribution in [2.45, 2.75) is 26.8 Å². The Balaban J connectivity index is 1.96. The van der Waals surface area contributed by atoms with E-state index in [2.05, 4.69) is 0 Å². The third-order valence-electron chi connectivity index (χ3n) is 5.14. The molecule has 2 aromatic rings. The fourth-order valence-corrected chi connectivity index (χ4v) is 3.65. The molecule has 1 amide bonds. The maximum atomic E-state index is 13.2. The smallest absolute Gasteiger partial charge is 0.338 e. The Morgan fingerprint density at radius 1 is 1.03 bits per heavy atom. The van der Waals surface area contributed by atoms with Crippen molar-refractivity contribution >= 4 is 23.3 Å². The van der Waals surface area contributed by atoms with E-state index in [1.165, 1.54) is 12.0 Å². The summed E-state index contributed by atoms with van der Waals surface area (Å²) in [6.07, 6.45) is 0. The van der Waals surface area contributed by atoms with E-state index in [0.29, 0.717) is 22.6 Å². The predicted molar refractivity (Wildman–Crippen MR) is 115 cm³/mol. The van der Waals surface area contributed by atoms with Crippen molar-refractivity contribution in [1.29, 1.82) is 0 Å². The van der Waals surface area contributed by atoms with Crippen LogP contribution in [-0.2, 0) is 9.53 Å². The summed E-state index contributed by atoms with van der Waals surface area (Å²) in [7, 11) is 1.53. The number of nitrogens with zero attached hydrogens (tertiary/aromatic N) is 1. The lowest BCUT2D eigenvalue weighted by molar-refractivity contribution is -0.117. The molecule has 1 heterocycles. The average Bonchev–Trinajstić information content (AvgIpc) is 3.04. The second-order valence-electron chi connectivity index (χ2n) is 7.45. The van der Waals surface area contributed by atoms with E-state index in [-0.39, 0.29) is 18.1 Å². The summed E-state index contributed by atoms with van der Waals surface area (Å²) in [6, 6.07) is 12.2. The van der Waals surface area contributed by atoms with Gasteiger partial charge in [0.25, 0.3) is 5.91 Å². The number of amides is 1. The topological polar surface area (TPSA) is 93.1 Å². The molecule has 0 fully saturated rings. The average molecular weight is 423 g/mol. The van der Waals surface area contributed by atoms with E-state index < -0.39 is 29.5 Å². The molecular formula is C24H25NO6. The Kier molecular flexibility index (Phi) is 6.44. The van der Waals surface area contributed by atoms with Crippen LogP contribution in [0.25, 0.3) is 0 Å². The van der Waals surface area contributed by atoms with Crippen molar-refractivity contribution in [2.75, 3.05) is 18.6 Å². The minimum atomic E-state index is -0.657. The van der Waals surface area contributed by atoms with E-state index in [1.807, 2.05) is 13.8 Å². The first-order chi connectivity index (χ1) is 14.8. The summed E-state index contributed by atoms with van der Waals surface area (Å²) >= 11 is 0. The molecule has 1 aliphatic heterocycles. The van der Waals surface area contributed by atoms with Crippen molar-refractivity contribution in [3.8, 4) is 5.75 Å². The summed E-state index contributed by atoms with van der Waals surface area (Å²) in [6.45, 7) is 5.73. The Morgan fingerprint density at radius 2 is 1.61 bits per heavy atom. The molecular weight excluding hydrogens is 398 g/mol. The molecule has 31 heavy (non-hydrogen) atoms. The number of aliphatic hydroxyl groups is 1. The van der Waals surface area contributed by atoms with E-state index in [1.54, 1.807) is 55.5 Å². The summed E-state index contributed by atoms with van der Waals surface area (Å²) < 4.78 is 10.1. The van der Waals surface area contributed by atoms with Crippen LogP contribution in [-0.4, -0.2) is 42.5 Å². The van der Waals surface area contributed by atoms with Crippen LogP contribution in [0.3, 0.4) is 0 Å². The first kappa shape index (κ1) is 22.1. The molecule has 7 heteroatoms. The maximum absolute atomic E-state index is 13.2. The molecule has 0 saturated heterocycles. The zero-order valence-electron chi connectivity index (χ0n) is 17.9. The van der Waals surface area contributed by atoms with Crippen LogP contribution in [0, 0.1) is 5.92 Å². The van der Waals surface area contributed by atoms with Gasteiger partial charge in [0.1, 0.15) is 5.75 Å². The van der Waals surface area contributed by atoms with Crippen LogP contribution in [0.1, 0.15) is 41.5 Å². The van der Waals surface area contributed by atoms with E-state index in [4.69, 9.17) is 9.47 Å². The maximum Gasteiger partial charge on any atom is 0.338 e. The van der Waals surface area contributed by atoms with Gasteiger partial charge in [0.2, 0.25) is 0 Å². The van der Waals surface area contributed by atoms with Crippen LogP contribution in [0.2, 0.25) is 0 Å². The number of Topliss-reactive ketones (excluding diaryl/α,β-unsaturated/α-hetero) is 1. The van der Waals surface area contributed by atoms with Gasteiger partial charge in [0.15, 0.2) is 11.5 Å². The van der Waals surface area contributed by atoms with Gasteiger partial charge < -0.3 is 14.6 Å². The summed E-state index contributed by atoms with van der Waals surface area (Å²) in [5.41, 5.74) is 1.23. The third-order valence-corrected chi connectivity index (χ3v) is 5.14. The molecule has 0 aromatic heterocycles. The van der Waals surface area contributed by atoms with Crippen molar-refractivity contribution in [3.63, 3.8) is 0 Å². The molecule has 1 N–H and O–H groups in total. The lowest BCUT2D eigenvalue weighted by Gasteiger charge is -2.29. The number of esters is 1. The number of aliphatic hydroxyl groups excluding tert-OH is 1. The van der Waals surface area contributed by atoms with Gasteiger partial charge in [-0.3, -0.25) is 14.5 Å². The Hall–Kier alpha value is -3.61. The highest BCUT2D eigenvalue weighted by Crippen LogP contribution is 2.36. The van der Waals surface area contributed by atoms with Gasteiger partial charge >= 0.3 is 5.97 Å². The largest absolute Gasteiger partial charge is 0.503 e. The highest BCUT2D eigenvalue weighted by Gasteiger charge is 2.45. The predicted octanol–water partition coefficient (Wildman–Crippen LogP) is 3.94. The first-order valence-electron chi connectivity index (χ1n) is 10.0. The van der Waals surface area contributed by atoms with E-state index in [0.717, 1.165) is 0 Å². The van der Waals surface area contributed by atoms with Crippen LogP contribution in [0.15, 0.2) is 59.9 Å². The van der Waals surface area contributed by atoms with Crippen LogP contribution in [0.5, 0.6) is 5.75 Å². The number of ketones is 1. The molecule has 1 atom stereocenters. The van der Waals surface area contributed by atoms with Gasteiger partial charge in [0.05, 0.1) is 30.9 Å². The van der Waals surface area contributed by atoms with E-state index >= 15 is 0 Å². The number of ether oxygens (including phenoxy) is 2. The Bertz CT molecular complexity index is 1020. The summed E-state index contributed by atoms with van der Waals surface area (Å²) in [4.78, 5) is 39.5. The van der Waals surface area contributed by atoms with Gasteiger partial charge in [-0.2, -0.15) is 0 Å². The quantitative estimate of drug-likeness (QED) is 0.536. The van der Waals surface area contributed by atoms with Crippen molar-refractivity contribution in [1.82, 2.24) is 0 Å². The molecule has 0 bridgehead atoms. The van der Waals surface area contributed by atoms with Gasteiger partial charge in [-0.1, -0.05) is 13.8 Å². The minimum absolute atomic E-state index is 0.0552. The fraction of sp³-hybridized carbons (Fsp3) is 0.292. The Morgan fingerprint density at radius 3 is 2.13 bits per heavy atom. The van der Waals surface area contributed by atoms with Crippen LogP contribution < -0.4 is 9.64 Å². The van der Waals surface area contributed by atoms with Gasteiger partial charge in [-0.15, -0.1) is 0 Å². The molecule has 7 nitrogen and oxygen atoms in total. The van der Waals surface area contributed by atoms with E-state index in [9.17, 15) is 19.5 Å². The molecule has 0 saturated carbocycles. The van der Waals surface area contributed by atoms with Crippen LogP contribution >= 0.6 is 0 Å². The number of carbonyl (C=O) groups excluding carboxylic acids is 3. The molecule has 0 radical (unpaired) electrons. The molecule has 1 aliphatic rings. The number of hydrogen-bond acceptors (Lipinski definition) is 6. The second kappa shape index (κ2) is 9.04. The zero-order valence-corrected chi connectivity index (χ0v) is 17.9. The number of methoxy groups -OCH3 is 1. The monoisotopic (exact) mass is 423 g/mol. The molecule has 3 rings (SSSR count). The number of carbonyl (C=O) groups is 3. The summed E-state index contributed by atoms with van der Waals surface area (Å²) in [5.74, 6) is -1.65. The number of hydrogen-bond donors (Lipinski definition) is 1. The summed E-state index contributed by atoms with van der Waals surface area (Å²) in [5, 5.41) is 10.6. The van der Waals surface area contributed by atoms with Gasteiger partial charge in [-0.05, 0) is 61.4 Å². The third kappa shape index (κ3) is 4.17. The molecule has 162 valence electrons. The first-order valence-corrected chi connectivity index (χ1v) is 10.0. The lowest BCUT2D eigenvalue weighted by atomic mass is 9.90. The number of anilines is 1. The second-order valence-corrected chi connectivity index (χ2v) is 7.45. The molecule has 0 aliphatic carbocycles. The zero-order chi connectivity index (χ0) is 22.7. The van der Waals surface area contributed by atoms with Crippen molar-refractivity contribution in [2.24, 2.45) is 5.92 Å². The highest BCUT2D eigenvalue weighted by atomic mass is 16.5. The fourth-order valence-electron chi connectivity index (χ4n) is 3.65. The lowest BCUT2D eigenvalue weighted by Crippen LogP contribution is -2.40. The minimum Gasteiger partial charge on any atom is -0.503 e. The van der Waals surface area contributed by atoms with Gasteiger partial charge in [0, 0.05) is 11.3 Å². The van der Waals surface area contributed by atoms with Gasteiger partial charge in [-0.25, -0.2) is 4.79 Å². The molecule has 2 aromatic carbocycles. The SMILES string of the molecule is CCOC(=O)c1ccc(N2C(=O)C(O)=C(C(=O)c3ccc(OC)cc3)C2C(C)C)cc1. The molecule has 1 unspecified atom stereocenters.